The number of fused-ring (bicyclic) bond motifs is 1. The maximum absolute atomic E-state index is 13.3. The molecule has 5 nitrogen and oxygen atoms in total. The lowest BCUT2D eigenvalue weighted by Crippen LogP contribution is -1.89. The van der Waals surface area contributed by atoms with Gasteiger partial charge in [-0.2, -0.15) is 15.6 Å². The molecule has 0 spiro atoms. The van der Waals surface area contributed by atoms with Gasteiger partial charge in [0, 0.05) is 4.70 Å². The van der Waals surface area contributed by atoms with Gasteiger partial charge in [0.2, 0.25) is 0 Å². The Bertz CT molecular complexity index is 1060. The number of aromatic nitrogens is 4. The van der Waals surface area contributed by atoms with Gasteiger partial charge in [-0.3, -0.25) is 0 Å². The highest BCUT2D eigenvalue weighted by Gasteiger charge is 2.13. The molecule has 1 N–H and O–H groups in total. The van der Waals surface area contributed by atoms with E-state index in [0.29, 0.717) is 11.4 Å². The Kier molecular flexibility index (Phi) is 3.10. The highest BCUT2D eigenvalue weighted by molar-refractivity contribution is 7.22. The molecule has 1 aromatic carbocycles. The van der Waals surface area contributed by atoms with Crippen LogP contribution in [-0.4, -0.2) is 20.4 Å². The molecule has 0 aliphatic rings. The van der Waals surface area contributed by atoms with Crippen LogP contribution in [0.5, 0.6) is 0 Å². The highest BCUT2D eigenvalue weighted by atomic mass is 32.1. The van der Waals surface area contributed by atoms with E-state index in [4.69, 9.17) is 5.26 Å². The van der Waals surface area contributed by atoms with Gasteiger partial charge < -0.3 is 0 Å². The van der Waals surface area contributed by atoms with E-state index in [2.05, 4.69) is 20.4 Å². The van der Waals surface area contributed by atoms with Crippen molar-refractivity contribution in [2.45, 2.75) is 0 Å². The van der Waals surface area contributed by atoms with Crippen LogP contribution in [0.15, 0.2) is 42.5 Å². The number of thiophene rings is 1. The maximum atomic E-state index is 13.3. The Morgan fingerprint density at radius 2 is 1.96 bits per heavy atom. The monoisotopic (exact) mass is 321 g/mol. The van der Waals surface area contributed by atoms with Gasteiger partial charge in [-0.05, 0) is 41.8 Å². The first kappa shape index (κ1) is 13.5. The third-order valence-corrected chi connectivity index (χ3v) is 4.51. The average molecular weight is 321 g/mol. The number of H-pyrrole nitrogens is 1. The zero-order valence-electron chi connectivity index (χ0n) is 11.6. The summed E-state index contributed by atoms with van der Waals surface area (Å²) in [7, 11) is 0. The molecule has 0 saturated heterocycles. The number of nitrogens with one attached hydrogen (secondary N) is 1. The van der Waals surface area contributed by atoms with Crippen LogP contribution in [0.2, 0.25) is 0 Å². The van der Waals surface area contributed by atoms with E-state index in [-0.39, 0.29) is 11.5 Å². The Hall–Kier alpha value is -3.11. The summed E-state index contributed by atoms with van der Waals surface area (Å²) in [4.78, 5) is 5.48. The van der Waals surface area contributed by atoms with Crippen LogP contribution in [0.1, 0.15) is 5.69 Å². The van der Waals surface area contributed by atoms with Crippen LogP contribution in [0.3, 0.4) is 0 Å². The predicted octanol–water partition coefficient (Wildman–Crippen LogP) is 3.76. The fraction of sp³-hybridized carbons (Fsp3) is 0. The number of benzene rings is 1. The molecular formula is C16H8FN5S. The van der Waals surface area contributed by atoms with Gasteiger partial charge in [0.25, 0.3) is 0 Å². The highest BCUT2D eigenvalue weighted by Crippen LogP contribution is 2.33. The molecule has 0 bridgehead atoms. The molecule has 0 radical (unpaired) electrons. The summed E-state index contributed by atoms with van der Waals surface area (Å²) in [6.45, 7) is 0. The SMILES string of the molecule is N#Cc1n[nH]nc1-c1cccc(-c2cc3cc(F)ccc3s2)n1. The van der Waals surface area contributed by atoms with E-state index in [1.54, 1.807) is 12.1 Å². The second-order valence-corrected chi connectivity index (χ2v) is 5.92. The second kappa shape index (κ2) is 5.26. The topological polar surface area (TPSA) is 78.2 Å². The first-order valence-corrected chi connectivity index (χ1v) is 7.54. The quantitative estimate of drug-likeness (QED) is 0.610. The van der Waals surface area contributed by atoms with Gasteiger partial charge in [-0.1, -0.05) is 6.07 Å². The number of nitrogens with zero attached hydrogens (tertiary/aromatic N) is 4. The van der Waals surface area contributed by atoms with Gasteiger partial charge in [-0.15, -0.1) is 16.4 Å². The lowest BCUT2D eigenvalue weighted by Gasteiger charge is -2.00. The summed E-state index contributed by atoms with van der Waals surface area (Å²) in [5, 5.41) is 20.1. The molecule has 4 rings (SSSR count). The van der Waals surface area contributed by atoms with Crippen molar-refractivity contribution in [2.24, 2.45) is 0 Å². The minimum absolute atomic E-state index is 0.202. The number of hydrogen-bond donors (Lipinski definition) is 1. The predicted molar refractivity (Wildman–Crippen MR) is 85.1 cm³/mol. The Morgan fingerprint density at radius 1 is 1.09 bits per heavy atom. The van der Waals surface area contributed by atoms with Crippen LogP contribution in [0.25, 0.3) is 32.0 Å². The summed E-state index contributed by atoms with van der Waals surface area (Å²) in [5.74, 6) is -0.259. The molecule has 0 unspecified atom stereocenters. The molecular weight excluding hydrogens is 313 g/mol. The zero-order chi connectivity index (χ0) is 15.8. The minimum Gasteiger partial charge on any atom is -0.245 e. The number of nitriles is 1. The zero-order valence-corrected chi connectivity index (χ0v) is 12.4. The molecule has 0 amide bonds. The van der Waals surface area contributed by atoms with Crippen molar-refractivity contribution in [3.05, 3.63) is 54.0 Å². The third kappa shape index (κ3) is 2.35. The summed E-state index contributed by atoms with van der Waals surface area (Å²) in [6.07, 6.45) is 0. The number of aromatic amines is 1. The molecule has 0 aliphatic heterocycles. The van der Waals surface area contributed by atoms with E-state index < -0.39 is 0 Å². The summed E-state index contributed by atoms with van der Waals surface area (Å²) in [6, 6.07) is 14.1. The first-order chi connectivity index (χ1) is 11.2. The Balaban J connectivity index is 1.83. The van der Waals surface area contributed by atoms with Crippen LogP contribution < -0.4 is 0 Å². The van der Waals surface area contributed by atoms with E-state index >= 15 is 0 Å². The van der Waals surface area contributed by atoms with Gasteiger partial charge in [-0.25, -0.2) is 9.37 Å². The molecule has 0 fully saturated rings. The largest absolute Gasteiger partial charge is 0.245 e. The normalized spacial score (nSPS) is 10.8. The van der Waals surface area contributed by atoms with Crippen LogP contribution in [-0.2, 0) is 0 Å². The molecule has 110 valence electrons. The molecule has 0 atom stereocenters. The minimum atomic E-state index is -0.259. The molecule has 0 saturated carbocycles. The van der Waals surface area contributed by atoms with Gasteiger partial charge in [0.05, 0.1) is 16.3 Å². The average Bonchev–Trinajstić information content (AvgIpc) is 3.21. The van der Waals surface area contributed by atoms with Gasteiger partial charge >= 0.3 is 0 Å². The van der Waals surface area contributed by atoms with Crippen LogP contribution in [0, 0.1) is 17.1 Å². The maximum Gasteiger partial charge on any atom is 0.192 e. The van der Waals surface area contributed by atoms with Crippen molar-refractivity contribution in [3.63, 3.8) is 0 Å². The van der Waals surface area contributed by atoms with Crippen molar-refractivity contribution >= 4 is 21.4 Å². The number of pyridine rings is 1. The fourth-order valence-electron chi connectivity index (χ4n) is 2.33. The van der Waals surface area contributed by atoms with E-state index in [1.165, 1.54) is 23.5 Å². The summed E-state index contributed by atoms with van der Waals surface area (Å²) in [5.41, 5.74) is 1.93. The smallest absolute Gasteiger partial charge is 0.192 e. The van der Waals surface area contributed by atoms with Crippen LogP contribution >= 0.6 is 11.3 Å². The molecule has 3 aromatic heterocycles. The number of hydrogen-bond acceptors (Lipinski definition) is 5. The standard InChI is InChI=1S/C16H8FN5S/c17-10-4-5-14-9(6-10)7-15(23-14)11-2-1-3-12(19-11)16-13(8-18)20-22-21-16/h1-7H,(H,20,21,22). The van der Waals surface area contributed by atoms with Crippen molar-refractivity contribution in [2.75, 3.05) is 0 Å². The van der Waals surface area contributed by atoms with Crippen LogP contribution in [0.4, 0.5) is 4.39 Å². The number of rotatable bonds is 2. The van der Waals surface area contributed by atoms with Gasteiger partial charge in [0.15, 0.2) is 5.69 Å². The van der Waals surface area contributed by atoms with E-state index in [1.807, 2.05) is 24.3 Å². The third-order valence-electron chi connectivity index (χ3n) is 3.38. The lowest BCUT2D eigenvalue weighted by atomic mass is 10.2. The fourth-order valence-corrected chi connectivity index (χ4v) is 3.34. The van der Waals surface area contributed by atoms with E-state index in [9.17, 15) is 4.39 Å². The molecule has 7 heteroatoms. The molecule has 23 heavy (non-hydrogen) atoms. The lowest BCUT2D eigenvalue weighted by molar-refractivity contribution is 0.630. The molecule has 0 aliphatic carbocycles. The van der Waals surface area contributed by atoms with E-state index in [0.717, 1.165) is 20.7 Å². The summed E-state index contributed by atoms with van der Waals surface area (Å²) >= 11 is 1.54. The first-order valence-electron chi connectivity index (χ1n) is 6.72. The second-order valence-electron chi connectivity index (χ2n) is 4.83. The van der Waals surface area contributed by atoms with Gasteiger partial charge in [0.1, 0.15) is 17.6 Å². The Morgan fingerprint density at radius 3 is 2.83 bits per heavy atom. The molecule has 3 heterocycles. The summed E-state index contributed by atoms with van der Waals surface area (Å²) < 4.78 is 14.3. The van der Waals surface area contributed by atoms with Crippen molar-refractivity contribution in [1.82, 2.24) is 20.4 Å². The Labute approximate surface area is 134 Å². The van der Waals surface area contributed by atoms with Crippen molar-refractivity contribution in [1.29, 1.82) is 5.26 Å². The van der Waals surface area contributed by atoms with Crippen molar-refractivity contribution < 1.29 is 4.39 Å². The number of halogens is 1. The van der Waals surface area contributed by atoms with Crippen molar-refractivity contribution in [3.8, 4) is 28.0 Å². The molecule has 4 aromatic rings.